The molecular weight excluding hydrogens is 318 g/mol. The van der Waals surface area contributed by atoms with Gasteiger partial charge in [0.05, 0.1) is 19.8 Å². The smallest absolute Gasteiger partial charge is 0.191 e. The van der Waals surface area contributed by atoms with Crippen molar-refractivity contribution in [3.8, 4) is 0 Å². The maximum atomic E-state index is 5.37. The molecule has 0 radical (unpaired) electrons. The first-order valence-electron chi connectivity index (χ1n) is 8.90. The topological polar surface area (TPSA) is 79.1 Å². The van der Waals surface area contributed by atoms with Crippen LogP contribution in [0.5, 0.6) is 0 Å². The molecule has 1 aliphatic rings. The first-order chi connectivity index (χ1) is 12.4. The molecule has 0 aromatic carbocycles. The van der Waals surface area contributed by atoms with E-state index in [1.54, 1.807) is 7.05 Å². The van der Waals surface area contributed by atoms with Crippen molar-refractivity contribution in [2.24, 2.45) is 4.99 Å². The summed E-state index contributed by atoms with van der Waals surface area (Å²) in [6.07, 6.45) is 4.26. The monoisotopic (exact) mass is 345 g/mol. The highest BCUT2D eigenvalue weighted by atomic mass is 16.5. The Morgan fingerprint density at radius 2 is 2.08 bits per heavy atom. The molecule has 0 saturated carbocycles. The first kappa shape index (κ1) is 17.6. The first-order valence-corrected chi connectivity index (χ1v) is 8.90. The molecule has 1 fully saturated rings. The molecule has 0 atom stereocenters. The van der Waals surface area contributed by atoms with Gasteiger partial charge in [-0.25, -0.2) is 0 Å². The van der Waals surface area contributed by atoms with Crippen LogP contribution in [-0.2, 0) is 11.3 Å². The number of rotatable bonds is 7. The Kier molecular flexibility index (Phi) is 6.58. The maximum absolute atomic E-state index is 5.37. The highest BCUT2D eigenvalue weighted by molar-refractivity contribution is 5.79. The van der Waals surface area contributed by atoms with Crippen molar-refractivity contribution in [3.05, 3.63) is 30.2 Å². The zero-order chi connectivity index (χ0) is 17.3. The zero-order valence-electron chi connectivity index (χ0n) is 14.8. The van der Waals surface area contributed by atoms with Gasteiger partial charge in [0.2, 0.25) is 0 Å². The van der Waals surface area contributed by atoms with E-state index in [9.17, 15) is 0 Å². The van der Waals surface area contributed by atoms with E-state index in [0.29, 0.717) is 6.54 Å². The molecular formula is C17H27N7O. The number of ether oxygens (including phenoxy) is 1. The average Bonchev–Trinajstić information content (AvgIpc) is 3.08. The second-order valence-corrected chi connectivity index (χ2v) is 6.06. The zero-order valence-corrected chi connectivity index (χ0v) is 14.8. The Balaban J connectivity index is 1.35. The van der Waals surface area contributed by atoms with Gasteiger partial charge in [-0.15, -0.1) is 10.2 Å². The Labute approximate surface area is 148 Å². The summed E-state index contributed by atoms with van der Waals surface area (Å²) in [5.41, 5.74) is 0.852. The van der Waals surface area contributed by atoms with Crippen molar-refractivity contribution in [2.75, 3.05) is 46.4 Å². The van der Waals surface area contributed by atoms with Crippen LogP contribution in [0.1, 0.15) is 18.7 Å². The second-order valence-electron chi connectivity index (χ2n) is 6.06. The van der Waals surface area contributed by atoms with Crippen molar-refractivity contribution in [3.63, 3.8) is 0 Å². The minimum atomic E-state index is 0.582. The lowest BCUT2D eigenvalue weighted by atomic mass is 10.3. The molecule has 1 aliphatic heterocycles. The SMILES string of the molecule is CN=C(NCCCCN1CCOCC1)NCc1nnc2ccccn12. The predicted octanol–water partition coefficient (Wildman–Crippen LogP) is 0.507. The molecule has 0 aliphatic carbocycles. The fourth-order valence-corrected chi connectivity index (χ4v) is 2.89. The molecule has 0 unspecified atom stereocenters. The van der Waals surface area contributed by atoms with E-state index in [1.165, 1.54) is 6.42 Å². The largest absolute Gasteiger partial charge is 0.379 e. The lowest BCUT2D eigenvalue weighted by Crippen LogP contribution is -2.39. The third kappa shape index (κ3) is 5.14. The lowest BCUT2D eigenvalue weighted by Gasteiger charge is -2.26. The van der Waals surface area contributed by atoms with E-state index in [-0.39, 0.29) is 0 Å². The molecule has 0 spiro atoms. The molecule has 2 aromatic rings. The van der Waals surface area contributed by atoms with Crippen molar-refractivity contribution < 1.29 is 4.74 Å². The minimum absolute atomic E-state index is 0.582. The quantitative estimate of drug-likeness (QED) is 0.432. The van der Waals surface area contributed by atoms with Crippen LogP contribution < -0.4 is 10.6 Å². The van der Waals surface area contributed by atoms with Crippen LogP contribution >= 0.6 is 0 Å². The summed E-state index contributed by atoms with van der Waals surface area (Å²) in [4.78, 5) is 6.73. The molecule has 0 bridgehead atoms. The van der Waals surface area contributed by atoms with Crippen LogP contribution in [-0.4, -0.2) is 71.9 Å². The molecule has 8 heteroatoms. The molecule has 2 aromatic heterocycles. The fraction of sp³-hybridized carbons (Fsp3) is 0.588. The maximum Gasteiger partial charge on any atom is 0.191 e. The van der Waals surface area contributed by atoms with Gasteiger partial charge in [-0.3, -0.25) is 14.3 Å². The molecule has 0 amide bonds. The molecule has 3 heterocycles. The van der Waals surface area contributed by atoms with Crippen LogP contribution in [0.2, 0.25) is 0 Å². The number of aromatic nitrogens is 3. The van der Waals surface area contributed by atoms with E-state index in [4.69, 9.17) is 4.74 Å². The third-order valence-corrected chi connectivity index (χ3v) is 4.32. The Hall–Kier alpha value is -2.19. The summed E-state index contributed by atoms with van der Waals surface area (Å²) < 4.78 is 7.34. The number of nitrogens with zero attached hydrogens (tertiary/aromatic N) is 5. The Morgan fingerprint density at radius 1 is 1.20 bits per heavy atom. The average molecular weight is 345 g/mol. The normalized spacial score (nSPS) is 16.3. The Morgan fingerprint density at radius 3 is 2.92 bits per heavy atom. The van der Waals surface area contributed by atoms with Gasteiger partial charge in [-0.1, -0.05) is 6.07 Å². The highest BCUT2D eigenvalue weighted by Crippen LogP contribution is 2.02. The van der Waals surface area contributed by atoms with E-state index in [1.807, 2.05) is 28.8 Å². The summed E-state index contributed by atoms with van der Waals surface area (Å²) >= 11 is 0. The molecule has 2 N–H and O–H groups in total. The van der Waals surface area contributed by atoms with Gasteiger partial charge in [0.1, 0.15) is 0 Å². The van der Waals surface area contributed by atoms with E-state index in [2.05, 4.69) is 30.7 Å². The van der Waals surface area contributed by atoms with Gasteiger partial charge >= 0.3 is 0 Å². The van der Waals surface area contributed by atoms with Crippen LogP contribution in [0, 0.1) is 0 Å². The summed E-state index contributed by atoms with van der Waals surface area (Å²) in [5.74, 6) is 1.66. The predicted molar refractivity (Wildman–Crippen MR) is 97.7 cm³/mol. The van der Waals surface area contributed by atoms with Crippen molar-refractivity contribution in [1.29, 1.82) is 0 Å². The Bertz CT molecular complexity index is 678. The van der Waals surface area contributed by atoms with E-state index in [0.717, 1.165) is 63.2 Å². The van der Waals surface area contributed by atoms with Crippen molar-refractivity contribution in [1.82, 2.24) is 30.1 Å². The van der Waals surface area contributed by atoms with Crippen LogP contribution in [0.25, 0.3) is 5.65 Å². The number of nitrogens with one attached hydrogen (secondary N) is 2. The van der Waals surface area contributed by atoms with Gasteiger partial charge in [0.25, 0.3) is 0 Å². The molecule has 3 rings (SSSR count). The van der Waals surface area contributed by atoms with Gasteiger partial charge in [-0.2, -0.15) is 0 Å². The second kappa shape index (κ2) is 9.33. The van der Waals surface area contributed by atoms with Crippen molar-refractivity contribution >= 4 is 11.6 Å². The number of guanidine groups is 1. The van der Waals surface area contributed by atoms with Crippen LogP contribution in [0.4, 0.5) is 0 Å². The van der Waals surface area contributed by atoms with Crippen molar-refractivity contribution in [2.45, 2.75) is 19.4 Å². The minimum Gasteiger partial charge on any atom is -0.379 e. The highest BCUT2D eigenvalue weighted by Gasteiger charge is 2.09. The van der Waals surface area contributed by atoms with Crippen LogP contribution in [0.15, 0.2) is 29.4 Å². The number of hydrogen-bond donors (Lipinski definition) is 2. The number of hydrogen-bond acceptors (Lipinski definition) is 5. The number of aliphatic imine (C=N–C) groups is 1. The summed E-state index contributed by atoms with van der Waals surface area (Å²) in [5, 5.41) is 15.0. The molecule has 136 valence electrons. The number of pyridine rings is 1. The number of morpholine rings is 1. The third-order valence-electron chi connectivity index (χ3n) is 4.32. The number of fused-ring (bicyclic) bond motifs is 1. The van der Waals surface area contributed by atoms with Gasteiger partial charge in [-0.05, 0) is 31.5 Å². The fourth-order valence-electron chi connectivity index (χ4n) is 2.89. The number of unbranched alkanes of at least 4 members (excludes halogenated alkanes) is 1. The van der Waals surface area contributed by atoms with Gasteiger partial charge < -0.3 is 15.4 Å². The molecule has 8 nitrogen and oxygen atoms in total. The summed E-state index contributed by atoms with van der Waals surface area (Å²) in [7, 11) is 1.78. The van der Waals surface area contributed by atoms with Gasteiger partial charge in [0.15, 0.2) is 17.4 Å². The van der Waals surface area contributed by atoms with E-state index < -0.39 is 0 Å². The van der Waals surface area contributed by atoms with Crippen LogP contribution in [0.3, 0.4) is 0 Å². The lowest BCUT2D eigenvalue weighted by molar-refractivity contribution is 0.0372. The molecule has 25 heavy (non-hydrogen) atoms. The standard InChI is InChI=1S/C17H27N7O/c1-18-17(19-7-3-5-8-23-10-12-25-13-11-23)20-14-16-22-21-15-6-2-4-9-24(15)16/h2,4,6,9H,3,5,7-8,10-14H2,1H3,(H2,18,19,20). The van der Waals surface area contributed by atoms with Gasteiger partial charge in [0, 0.05) is 32.9 Å². The summed E-state index contributed by atoms with van der Waals surface area (Å²) in [6, 6.07) is 5.87. The summed E-state index contributed by atoms with van der Waals surface area (Å²) in [6.45, 7) is 6.48. The molecule has 1 saturated heterocycles. The van der Waals surface area contributed by atoms with E-state index >= 15 is 0 Å².